The number of anilines is 1. The molecule has 4 nitrogen and oxygen atoms in total. The van der Waals surface area contributed by atoms with Crippen LogP contribution >= 0.6 is 0 Å². The molecule has 0 radical (unpaired) electrons. The Labute approximate surface area is 110 Å². The van der Waals surface area contributed by atoms with E-state index in [0.29, 0.717) is 25.6 Å². The number of rotatable bonds is 2. The second-order valence-electron chi connectivity index (χ2n) is 5.20. The van der Waals surface area contributed by atoms with Gasteiger partial charge in [0.25, 0.3) is 5.92 Å². The van der Waals surface area contributed by atoms with Crippen LogP contribution in [0.3, 0.4) is 0 Å². The molecule has 0 unspecified atom stereocenters. The summed E-state index contributed by atoms with van der Waals surface area (Å²) in [5, 5.41) is 0. The first-order chi connectivity index (χ1) is 9.14. The highest BCUT2D eigenvalue weighted by Crippen LogP contribution is 2.31. The SMILES string of the molecule is FC1(F)CCN(c2cc([C@H]3CCOC3)ncn2)CC1. The average molecular weight is 269 g/mol. The third-order valence-corrected chi connectivity index (χ3v) is 3.84. The van der Waals surface area contributed by atoms with E-state index in [1.165, 1.54) is 6.33 Å². The van der Waals surface area contributed by atoms with E-state index in [9.17, 15) is 8.78 Å². The summed E-state index contributed by atoms with van der Waals surface area (Å²) in [5.74, 6) is -1.45. The second kappa shape index (κ2) is 5.00. The Morgan fingerprint density at radius 1 is 1.26 bits per heavy atom. The molecular formula is C13H17F2N3O. The van der Waals surface area contributed by atoms with Crippen LogP contribution in [0.15, 0.2) is 12.4 Å². The van der Waals surface area contributed by atoms with E-state index in [0.717, 1.165) is 24.5 Å². The Hall–Kier alpha value is -1.30. The molecule has 1 atom stereocenters. The summed E-state index contributed by atoms with van der Waals surface area (Å²) in [4.78, 5) is 10.4. The molecule has 0 aromatic carbocycles. The minimum atomic E-state index is -2.52. The zero-order chi connectivity index (χ0) is 13.3. The fourth-order valence-electron chi connectivity index (χ4n) is 2.59. The van der Waals surface area contributed by atoms with Crippen molar-refractivity contribution in [3.05, 3.63) is 18.1 Å². The second-order valence-corrected chi connectivity index (χ2v) is 5.20. The number of hydrogen-bond donors (Lipinski definition) is 0. The van der Waals surface area contributed by atoms with E-state index < -0.39 is 5.92 Å². The van der Waals surface area contributed by atoms with Gasteiger partial charge in [0.15, 0.2) is 0 Å². The van der Waals surface area contributed by atoms with Crippen LogP contribution in [0.2, 0.25) is 0 Å². The maximum Gasteiger partial charge on any atom is 0.251 e. The fourth-order valence-corrected chi connectivity index (χ4v) is 2.59. The van der Waals surface area contributed by atoms with Crippen molar-refractivity contribution in [2.24, 2.45) is 0 Å². The summed E-state index contributed by atoms with van der Waals surface area (Å²) in [7, 11) is 0. The van der Waals surface area contributed by atoms with Crippen LogP contribution < -0.4 is 4.90 Å². The minimum Gasteiger partial charge on any atom is -0.381 e. The molecule has 104 valence electrons. The van der Waals surface area contributed by atoms with Gasteiger partial charge in [0.05, 0.1) is 12.3 Å². The minimum absolute atomic E-state index is 0.0983. The van der Waals surface area contributed by atoms with Crippen molar-refractivity contribution in [2.45, 2.75) is 31.1 Å². The number of halogens is 2. The van der Waals surface area contributed by atoms with Gasteiger partial charge >= 0.3 is 0 Å². The molecule has 2 saturated heterocycles. The van der Waals surface area contributed by atoms with Crippen LogP contribution in [-0.2, 0) is 4.74 Å². The Balaban J connectivity index is 1.72. The van der Waals surface area contributed by atoms with E-state index in [4.69, 9.17) is 4.74 Å². The molecule has 0 saturated carbocycles. The average Bonchev–Trinajstić information content (AvgIpc) is 2.93. The number of hydrogen-bond acceptors (Lipinski definition) is 4. The van der Waals surface area contributed by atoms with E-state index in [1.54, 1.807) is 0 Å². The van der Waals surface area contributed by atoms with Crippen LogP contribution in [0.25, 0.3) is 0 Å². The van der Waals surface area contributed by atoms with Gasteiger partial charge < -0.3 is 9.64 Å². The first-order valence-corrected chi connectivity index (χ1v) is 6.66. The summed E-state index contributed by atoms with van der Waals surface area (Å²) < 4.78 is 31.6. The molecule has 1 aromatic heterocycles. The maximum absolute atomic E-state index is 13.1. The summed E-state index contributed by atoms with van der Waals surface area (Å²) in [6, 6.07) is 1.92. The lowest BCUT2D eigenvalue weighted by molar-refractivity contribution is -0.0221. The molecule has 0 N–H and O–H groups in total. The molecule has 0 spiro atoms. The molecule has 2 aliphatic heterocycles. The molecule has 19 heavy (non-hydrogen) atoms. The molecule has 2 fully saturated rings. The fraction of sp³-hybridized carbons (Fsp3) is 0.692. The summed E-state index contributed by atoms with van der Waals surface area (Å²) in [6.07, 6.45) is 2.29. The Morgan fingerprint density at radius 3 is 2.74 bits per heavy atom. The molecule has 1 aromatic rings. The van der Waals surface area contributed by atoms with Gasteiger partial charge in [-0.1, -0.05) is 0 Å². The Morgan fingerprint density at radius 2 is 2.05 bits per heavy atom. The molecule has 3 rings (SSSR count). The van der Waals surface area contributed by atoms with Gasteiger partial charge in [-0.05, 0) is 6.42 Å². The van der Waals surface area contributed by atoms with Crippen molar-refractivity contribution in [1.29, 1.82) is 0 Å². The molecule has 0 aliphatic carbocycles. The van der Waals surface area contributed by atoms with Crippen LogP contribution in [0.1, 0.15) is 30.9 Å². The predicted octanol–water partition coefficient (Wildman–Crippen LogP) is 2.22. The van der Waals surface area contributed by atoms with Gasteiger partial charge in [0.1, 0.15) is 12.1 Å². The highest BCUT2D eigenvalue weighted by atomic mass is 19.3. The quantitative estimate of drug-likeness (QED) is 0.825. The largest absolute Gasteiger partial charge is 0.381 e. The molecular weight excluding hydrogens is 252 g/mol. The lowest BCUT2D eigenvalue weighted by Gasteiger charge is -2.32. The van der Waals surface area contributed by atoms with Crippen LogP contribution in [0.4, 0.5) is 14.6 Å². The van der Waals surface area contributed by atoms with Crippen molar-refractivity contribution >= 4 is 5.82 Å². The third kappa shape index (κ3) is 2.83. The van der Waals surface area contributed by atoms with Crippen molar-refractivity contribution in [3.8, 4) is 0 Å². The zero-order valence-corrected chi connectivity index (χ0v) is 10.7. The smallest absolute Gasteiger partial charge is 0.251 e. The van der Waals surface area contributed by atoms with Crippen LogP contribution in [-0.4, -0.2) is 42.2 Å². The van der Waals surface area contributed by atoms with Crippen LogP contribution in [0.5, 0.6) is 0 Å². The molecule has 2 aliphatic rings. The number of ether oxygens (including phenoxy) is 1. The van der Waals surface area contributed by atoms with E-state index in [-0.39, 0.29) is 12.8 Å². The van der Waals surface area contributed by atoms with Gasteiger partial charge in [-0.15, -0.1) is 0 Å². The normalized spacial score (nSPS) is 26.6. The molecule has 0 bridgehead atoms. The summed E-state index contributed by atoms with van der Waals surface area (Å²) >= 11 is 0. The standard InChI is InChI=1S/C13H17F2N3O/c14-13(15)2-4-18(5-3-13)12-7-11(16-9-17-12)10-1-6-19-8-10/h7,9-10H,1-6,8H2/t10-/m0/s1. The summed E-state index contributed by atoms with van der Waals surface area (Å²) in [5.41, 5.74) is 0.958. The number of alkyl halides is 2. The van der Waals surface area contributed by atoms with Gasteiger partial charge in [-0.2, -0.15) is 0 Å². The van der Waals surface area contributed by atoms with Gasteiger partial charge in [-0.25, -0.2) is 18.7 Å². The van der Waals surface area contributed by atoms with Gasteiger partial charge in [0.2, 0.25) is 0 Å². The molecule has 0 amide bonds. The lowest BCUT2D eigenvalue weighted by Crippen LogP contribution is -2.39. The topological polar surface area (TPSA) is 38.2 Å². The number of piperidine rings is 1. The predicted molar refractivity (Wildman–Crippen MR) is 66.6 cm³/mol. The zero-order valence-electron chi connectivity index (χ0n) is 10.7. The van der Waals surface area contributed by atoms with Crippen molar-refractivity contribution in [2.75, 3.05) is 31.2 Å². The van der Waals surface area contributed by atoms with E-state index >= 15 is 0 Å². The monoisotopic (exact) mass is 269 g/mol. The lowest BCUT2D eigenvalue weighted by atomic mass is 10.0. The van der Waals surface area contributed by atoms with E-state index in [2.05, 4.69) is 9.97 Å². The van der Waals surface area contributed by atoms with Crippen molar-refractivity contribution in [1.82, 2.24) is 9.97 Å². The van der Waals surface area contributed by atoms with E-state index in [1.807, 2.05) is 11.0 Å². The number of nitrogens with zero attached hydrogens (tertiary/aromatic N) is 3. The Bertz CT molecular complexity index is 439. The first kappa shape index (κ1) is 12.7. The highest BCUT2D eigenvalue weighted by Gasteiger charge is 2.34. The van der Waals surface area contributed by atoms with Crippen molar-refractivity contribution < 1.29 is 13.5 Å². The van der Waals surface area contributed by atoms with Gasteiger partial charge in [-0.3, -0.25) is 0 Å². The van der Waals surface area contributed by atoms with Gasteiger partial charge in [0, 0.05) is 44.5 Å². The van der Waals surface area contributed by atoms with Crippen LogP contribution in [0, 0.1) is 0 Å². The number of aromatic nitrogens is 2. The molecule has 3 heterocycles. The third-order valence-electron chi connectivity index (χ3n) is 3.84. The molecule has 6 heteroatoms. The van der Waals surface area contributed by atoms with Crippen molar-refractivity contribution in [3.63, 3.8) is 0 Å². The summed E-state index contributed by atoms with van der Waals surface area (Å²) in [6.45, 7) is 2.16. The Kier molecular flexibility index (Phi) is 3.35. The first-order valence-electron chi connectivity index (χ1n) is 6.66. The highest BCUT2D eigenvalue weighted by molar-refractivity contribution is 5.40. The maximum atomic E-state index is 13.1.